The van der Waals surface area contributed by atoms with Crippen LogP contribution in [0.3, 0.4) is 0 Å². The molecule has 1 aromatic carbocycles. The molecule has 0 aliphatic carbocycles. The fourth-order valence-corrected chi connectivity index (χ4v) is 1.19. The minimum absolute atomic E-state index is 0.0476. The van der Waals surface area contributed by atoms with Crippen LogP contribution in [0, 0.1) is 6.92 Å². The van der Waals surface area contributed by atoms with Crippen LogP contribution < -0.4 is 14.2 Å². The van der Waals surface area contributed by atoms with Gasteiger partial charge in [0.15, 0.2) is 0 Å². The molecule has 0 atom stereocenters. The molecule has 0 heterocycles. The van der Waals surface area contributed by atoms with Crippen LogP contribution in [0.2, 0.25) is 0 Å². The van der Waals surface area contributed by atoms with Gasteiger partial charge in [0.1, 0.15) is 17.2 Å². The molecular weight excluding hydrogens is 244 g/mol. The fraction of sp³-hybridized carbons (Fsp3) is 0.400. The quantitative estimate of drug-likeness (QED) is 0.755. The van der Waals surface area contributed by atoms with Crippen molar-refractivity contribution >= 4 is 0 Å². The SMILES string of the molecule is COc1cc(OC(F)F)c(C)c(OC(F)F)c1. The van der Waals surface area contributed by atoms with Crippen molar-refractivity contribution in [3.8, 4) is 17.2 Å². The van der Waals surface area contributed by atoms with Crippen molar-refractivity contribution in [2.24, 2.45) is 0 Å². The van der Waals surface area contributed by atoms with Crippen molar-refractivity contribution in [1.29, 1.82) is 0 Å². The van der Waals surface area contributed by atoms with Crippen molar-refractivity contribution in [2.75, 3.05) is 7.11 Å². The van der Waals surface area contributed by atoms with E-state index in [1.807, 2.05) is 0 Å². The zero-order valence-electron chi connectivity index (χ0n) is 9.05. The first-order valence-corrected chi connectivity index (χ1v) is 4.52. The molecule has 0 radical (unpaired) electrons. The van der Waals surface area contributed by atoms with Gasteiger partial charge < -0.3 is 14.2 Å². The number of ether oxygens (including phenoxy) is 3. The minimum atomic E-state index is -3.06. The average Bonchev–Trinajstić information content (AvgIpc) is 2.22. The molecule has 0 aromatic heterocycles. The van der Waals surface area contributed by atoms with Gasteiger partial charge in [0, 0.05) is 17.7 Å². The maximum atomic E-state index is 12.1. The van der Waals surface area contributed by atoms with Crippen molar-refractivity contribution in [3.05, 3.63) is 17.7 Å². The van der Waals surface area contributed by atoms with Gasteiger partial charge in [-0.05, 0) is 6.92 Å². The van der Waals surface area contributed by atoms with E-state index in [0.717, 1.165) is 0 Å². The lowest BCUT2D eigenvalue weighted by Gasteiger charge is -2.14. The van der Waals surface area contributed by atoms with E-state index in [1.54, 1.807) is 0 Å². The summed E-state index contributed by atoms with van der Waals surface area (Å²) >= 11 is 0. The van der Waals surface area contributed by atoms with E-state index < -0.39 is 13.2 Å². The van der Waals surface area contributed by atoms with Crippen LogP contribution in [0.4, 0.5) is 17.6 Å². The Kier molecular flexibility index (Phi) is 4.42. The molecule has 0 unspecified atom stereocenters. The number of hydrogen-bond donors (Lipinski definition) is 0. The van der Waals surface area contributed by atoms with Crippen LogP contribution >= 0.6 is 0 Å². The summed E-state index contributed by atoms with van der Waals surface area (Å²) in [7, 11) is 1.27. The largest absolute Gasteiger partial charge is 0.496 e. The van der Waals surface area contributed by atoms with E-state index in [4.69, 9.17) is 4.74 Å². The highest BCUT2D eigenvalue weighted by atomic mass is 19.3. The Balaban J connectivity index is 3.11. The Bertz CT molecular complexity index is 351. The molecule has 0 saturated carbocycles. The number of benzene rings is 1. The number of hydrogen-bond acceptors (Lipinski definition) is 3. The first kappa shape index (κ1) is 13.4. The predicted octanol–water partition coefficient (Wildman–Crippen LogP) is 3.21. The molecule has 17 heavy (non-hydrogen) atoms. The Morgan fingerprint density at radius 2 is 1.35 bits per heavy atom. The van der Waals surface area contributed by atoms with E-state index in [9.17, 15) is 17.6 Å². The van der Waals surface area contributed by atoms with Crippen molar-refractivity contribution in [2.45, 2.75) is 20.1 Å². The van der Waals surface area contributed by atoms with Crippen molar-refractivity contribution in [3.63, 3.8) is 0 Å². The Morgan fingerprint density at radius 1 is 0.941 bits per heavy atom. The average molecular weight is 254 g/mol. The van der Waals surface area contributed by atoms with Crippen LogP contribution in [0.1, 0.15) is 5.56 Å². The molecule has 0 saturated heterocycles. The Hall–Kier alpha value is -1.66. The van der Waals surface area contributed by atoms with Crippen LogP contribution in [0.5, 0.6) is 17.2 Å². The molecule has 0 fully saturated rings. The smallest absolute Gasteiger partial charge is 0.387 e. The fourth-order valence-electron chi connectivity index (χ4n) is 1.19. The summed E-state index contributed by atoms with van der Waals surface area (Å²) in [6.45, 7) is -4.78. The van der Waals surface area contributed by atoms with Crippen molar-refractivity contribution < 1.29 is 31.8 Å². The van der Waals surface area contributed by atoms with Crippen LogP contribution in [0.15, 0.2) is 12.1 Å². The lowest BCUT2D eigenvalue weighted by Crippen LogP contribution is -2.07. The predicted molar refractivity (Wildman–Crippen MR) is 51.0 cm³/mol. The summed E-state index contributed by atoms with van der Waals surface area (Å²) in [6, 6.07) is 2.33. The summed E-state index contributed by atoms with van der Waals surface area (Å²) < 4.78 is 61.4. The third kappa shape index (κ3) is 3.69. The molecule has 0 bridgehead atoms. The molecule has 1 rings (SSSR count). The summed E-state index contributed by atoms with van der Waals surface area (Å²) in [5.74, 6) is -0.452. The number of alkyl halides is 4. The second-order valence-corrected chi connectivity index (χ2v) is 3.01. The van der Waals surface area contributed by atoms with E-state index >= 15 is 0 Å². The van der Waals surface area contributed by atoms with E-state index in [0.29, 0.717) is 0 Å². The van der Waals surface area contributed by atoms with Crippen LogP contribution in [-0.4, -0.2) is 20.3 Å². The molecule has 0 amide bonds. The van der Waals surface area contributed by atoms with Gasteiger partial charge in [-0.25, -0.2) is 0 Å². The monoisotopic (exact) mass is 254 g/mol. The molecule has 0 N–H and O–H groups in total. The molecule has 0 aliphatic rings. The minimum Gasteiger partial charge on any atom is -0.496 e. The van der Waals surface area contributed by atoms with Gasteiger partial charge in [0.2, 0.25) is 0 Å². The zero-order chi connectivity index (χ0) is 13.0. The highest BCUT2D eigenvalue weighted by molar-refractivity contribution is 5.49. The summed E-state index contributed by atoms with van der Waals surface area (Å²) in [6.07, 6.45) is 0. The maximum Gasteiger partial charge on any atom is 0.387 e. The molecule has 7 heteroatoms. The van der Waals surface area contributed by atoms with Crippen LogP contribution in [0.25, 0.3) is 0 Å². The summed E-state index contributed by atoms with van der Waals surface area (Å²) in [5.41, 5.74) is 0.0476. The first-order chi connectivity index (χ1) is 7.93. The number of rotatable bonds is 5. The maximum absolute atomic E-state index is 12.1. The molecular formula is C10H10F4O3. The Morgan fingerprint density at radius 3 is 1.65 bits per heavy atom. The first-order valence-electron chi connectivity index (χ1n) is 4.52. The van der Waals surface area contributed by atoms with Gasteiger partial charge in [-0.1, -0.05) is 0 Å². The van der Waals surface area contributed by atoms with E-state index in [-0.39, 0.29) is 22.8 Å². The topological polar surface area (TPSA) is 27.7 Å². The Labute approximate surface area is 94.9 Å². The normalized spacial score (nSPS) is 10.8. The van der Waals surface area contributed by atoms with E-state index in [1.165, 1.54) is 26.2 Å². The zero-order valence-corrected chi connectivity index (χ0v) is 9.05. The van der Waals surface area contributed by atoms with Gasteiger partial charge >= 0.3 is 13.2 Å². The van der Waals surface area contributed by atoms with Gasteiger partial charge in [-0.3, -0.25) is 0 Å². The van der Waals surface area contributed by atoms with Crippen LogP contribution in [-0.2, 0) is 0 Å². The second-order valence-electron chi connectivity index (χ2n) is 3.01. The lowest BCUT2D eigenvalue weighted by atomic mass is 10.2. The molecule has 0 spiro atoms. The van der Waals surface area contributed by atoms with Gasteiger partial charge in [0.05, 0.1) is 7.11 Å². The van der Waals surface area contributed by atoms with Gasteiger partial charge in [0.25, 0.3) is 0 Å². The second kappa shape index (κ2) is 5.60. The number of methoxy groups -OCH3 is 1. The highest BCUT2D eigenvalue weighted by Gasteiger charge is 2.16. The highest BCUT2D eigenvalue weighted by Crippen LogP contribution is 2.34. The third-order valence-corrected chi connectivity index (χ3v) is 1.95. The van der Waals surface area contributed by atoms with Gasteiger partial charge in [-0.2, -0.15) is 17.6 Å². The molecule has 1 aromatic rings. The summed E-state index contributed by atoms with van der Waals surface area (Å²) in [5, 5.41) is 0. The van der Waals surface area contributed by atoms with Crippen molar-refractivity contribution in [1.82, 2.24) is 0 Å². The molecule has 3 nitrogen and oxygen atoms in total. The lowest BCUT2D eigenvalue weighted by molar-refractivity contribution is -0.0553. The van der Waals surface area contributed by atoms with Gasteiger partial charge in [-0.15, -0.1) is 0 Å². The van der Waals surface area contributed by atoms with E-state index in [2.05, 4.69) is 9.47 Å². The summed E-state index contributed by atoms with van der Waals surface area (Å²) in [4.78, 5) is 0. The number of halogens is 4. The standard InChI is InChI=1S/C10H10F4O3/c1-5-7(16-9(11)12)3-6(15-2)4-8(5)17-10(13)14/h3-4,9-10H,1-2H3. The third-order valence-electron chi connectivity index (χ3n) is 1.95. The molecule has 0 aliphatic heterocycles. The molecule has 96 valence electrons.